The molecule has 94 valence electrons. The lowest BCUT2D eigenvalue weighted by molar-refractivity contribution is 0.0901. The summed E-state index contributed by atoms with van der Waals surface area (Å²) in [6.07, 6.45) is 5.07. The Morgan fingerprint density at radius 1 is 1.41 bits per heavy atom. The Morgan fingerprint density at radius 2 is 2.06 bits per heavy atom. The van der Waals surface area contributed by atoms with E-state index in [0.717, 1.165) is 18.5 Å². The molecule has 0 radical (unpaired) electrons. The van der Waals surface area contributed by atoms with Crippen molar-refractivity contribution < 1.29 is 4.79 Å². The third-order valence-corrected chi connectivity index (χ3v) is 3.31. The lowest BCUT2D eigenvalue weighted by atomic mass is 9.95. The molecule has 1 rings (SSSR count). The minimum Gasteiger partial charge on any atom is -0.387 e. The van der Waals surface area contributed by atoms with Crippen molar-refractivity contribution in [2.45, 2.75) is 39.2 Å². The van der Waals surface area contributed by atoms with E-state index in [-0.39, 0.29) is 11.4 Å². The van der Waals surface area contributed by atoms with Crippen molar-refractivity contribution >= 4 is 11.6 Å². The Hall–Kier alpha value is -1.58. The summed E-state index contributed by atoms with van der Waals surface area (Å²) >= 11 is 0. The maximum atomic E-state index is 12.2. The lowest BCUT2D eigenvalue weighted by Crippen LogP contribution is -2.45. The predicted octanol–water partition coefficient (Wildman–Crippen LogP) is 2.43. The summed E-state index contributed by atoms with van der Waals surface area (Å²) in [7, 11) is 1.80. The van der Waals surface area contributed by atoms with Crippen molar-refractivity contribution in [3.63, 3.8) is 0 Å². The average molecular weight is 235 g/mol. The molecule has 4 nitrogen and oxygen atoms in total. The first-order chi connectivity index (χ1) is 8.06. The van der Waals surface area contributed by atoms with Crippen LogP contribution in [-0.4, -0.2) is 23.5 Å². The molecule has 1 aromatic heterocycles. The number of rotatable bonds is 5. The number of amides is 1. The van der Waals surface area contributed by atoms with Gasteiger partial charge in [0.05, 0.1) is 5.56 Å². The van der Waals surface area contributed by atoms with Gasteiger partial charge in [-0.1, -0.05) is 13.8 Å². The molecule has 0 aliphatic rings. The summed E-state index contributed by atoms with van der Waals surface area (Å²) in [5.41, 5.74) is 1.23. The molecule has 0 aliphatic carbocycles. The van der Waals surface area contributed by atoms with Gasteiger partial charge >= 0.3 is 0 Å². The average Bonchev–Trinajstić information content (AvgIpc) is 2.38. The molecule has 0 bridgehead atoms. The topological polar surface area (TPSA) is 54.0 Å². The lowest BCUT2D eigenvalue weighted by Gasteiger charge is -2.28. The van der Waals surface area contributed by atoms with Gasteiger partial charge in [-0.05, 0) is 25.8 Å². The normalized spacial score (nSPS) is 11.1. The number of hydrogen-bond donors (Lipinski definition) is 2. The summed E-state index contributed by atoms with van der Waals surface area (Å²) in [5.74, 6) is -0.0753. The highest BCUT2D eigenvalue weighted by Crippen LogP contribution is 2.17. The maximum absolute atomic E-state index is 12.2. The van der Waals surface area contributed by atoms with E-state index in [9.17, 15) is 4.79 Å². The summed E-state index contributed by atoms with van der Waals surface area (Å²) in [6.45, 7) is 6.21. The van der Waals surface area contributed by atoms with E-state index in [1.54, 1.807) is 25.5 Å². The monoisotopic (exact) mass is 235 g/mol. The van der Waals surface area contributed by atoms with E-state index in [1.165, 1.54) is 0 Å². The van der Waals surface area contributed by atoms with Gasteiger partial charge < -0.3 is 10.6 Å². The van der Waals surface area contributed by atoms with E-state index >= 15 is 0 Å². The molecule has 1 heterocycles. The largest absolute Gasteiger partial charge is 0.387 e. The van der Waals surface area contributed by atoms with Crippen molar-refractivity contribution in [1.29, 1.82) is 0 Å². The predicted molar refractivity (Wildman–Crippen MR) is 70.2 cm³/mol. The van der Waals surface area contributed by atoms with Crippen LogP contribution >= 0.6 is 0 Å². The second kappa shape index (κ2) is 5.66. The van der Waals surface area contributed by atoms with Gasteiger partial charge in [0.2, 0.25) is 0 Å². The summed E-state index contributed by atoms with van der Waals surface area (Å²) < 4.78 is 0. The molecule has 2 N–H and O–H groups in total. The molecule has 0 fully saturated rings. The molecule has 1 amide bonds. The number of hydrogen-bond acceptors (Lipinski definition) is 3. The highest BCUT2D eigenvalue weighted by molar-refractivity contribution is 5.99. The van der Waals surface area contributed by atoms with Gasteiger partial charge in [0.1, 0.15) is 0 Å². The molecule has 0 saturated heterocycles. The highest BCUT2D eigenvalue weighted by Gasteiger charge is 2.23. The molecule has 17 heavy (non-hydrogen) atoms. The fourth-order valence-corrected chi connectivity index (χ4v) is 1.56. The number of carbonyl (C=O) groups is 1. The second-order valence-corrected chi connectivity index (χ2v) is 4.39. The first-order valence-electron chi connectivity index (χ1n) is 6.00. The van der Waals surface area contributed by atoms with E-state index in [1.807, 2.05) is 0 Å². The number of nitrogens with zero attached hydrogens (tertiary/aromatic N) is 1. The zero-order valence-corrected chi connectivity index (χ0v) is 11.0. The Morgan fingerprint density at radius 3 is 2.59 bits per heavy atom. The minimum atomic E-state index is -0.155. The Balaban J connectivity index is 2.90. The standard InChI is InChI=1S/C13H21N3O/c1-5-13(3,6-2)16-12(17)10-9-15-8-7-11(10)14-4/h7-9H,5-6H2,1-4H3,(H,14,15)(H,16,17). The van der Waals surface area contributed by atoms with Crippen LogP contribution < -0.4 is 10.6 Å². The third-order valence-electron chi connectivity index (χ3n) is 3.31. The third kappa shape index (κ3) is 3.19. The van der Waals surface area contributed by atoms with Crippen LogP contribution in [0.25, 0.3) is 0 Å². The van der Waals surface area contributed by atoms with Gasteiger partial charge in [-0.2, -0.15) is 0 Å². The number of pyridine rings is 1. The zero-order chi connectivity index (χ0) is 12.9. The van der Waals surface area contributed by atoms with Crippen LogP contribution in [0, 0.1) is 0 Å². The van der Waals surface area contributed by atoms with E-state index in [0.29, 0.717) is 5.56 Å². The Bertz CT molecular complexity index is 386. The van der Waals surface area contributed by atoms with Crippen LogP contribution in [0.5, 0.6) is 0 Å². The Kier molecular flexibility index (Phi) is 4.49. The summed E-state index contributed by atoms with van der Waals surface area (Å²) in [5, 5.41) is 6.06. The van der Waals surface area contributed by atoms with Crippen molar-refractivity contribution in [3.05, 3.63) is 24.0 Å². The van der Waals surface area contributed by atoms with Gasteiger partial charge in [0.15, 0.2) is 0 Å². The minimum absolute atomic E-state index is 0.0753. The highest BCUT2D eigenvalue weighted by atomic mass is 16.1. The van der Waals surface area contributed by atoms with Crippen LogP contribution in [0.3, 0.4) is 0 Å². The molecule has 1 aromatic rings. The van der Waals surface area contributed by atoms with Crippen molar-refractivity contribution in [2.24, 2.45) is 0 Å². The van der Waals surface area contributed by atoms with Gasteiger partial charge in [0.25, 0.3) is 5.91 Å². The van der Waals surface area contributed by atoms with Crippen molar-refractivity contribution in [2.75, 3.05) is 12.4 Å². The number of carbonyl (C=O) groups excluding carboxylic acids is 1. The van der Waals surface area contributed by atoms with E-state index < -0.39 is 0 Å². The molecule has 4 heteroatoms. The molecular weight excluding hydrogens is 214 g/mol. The molecular formula is C13H21N3O. The van der Waals surface area contributed by atoms with Gasteiger partial charge in [-0.15, -0.1) is 0 Å². The van der Waals surface area contributed by atoms with Crippen LogP contribution in [0.2, 0.25) is 0 Å². The van der Waals surface area contributed by atoms with Gasteiger partial charge in [-0.3, -0.25) is 9.78 Å². The molecule has 0 saturated carbocycles. The number of aromatic nitrogens is 1. The van der Waals surface area contributed by atoms with Crippen molar-refractivity contribution in [1.82, 2.24) is 10.3 Å². The van der Waals surface area contributed by atoms with Gasteiger partial charge in [-0.25, -0.2) is 0 Å². The Labute approximate surface area is 103 Å². The smallest absolute Gasteiger partial charge is 0.255 e. The first kappa shape index (κ1) is 13.5. The fraction of sp³-hybridized carbons (Fsp3) is 0.538. The molecule has 0 aliphatic heterocycles. The maximum Gasteiger partial charge on any atom is 0.255 e. The molecule has 0 unspecified atom stereocenters. The van der Waals surface area contributed by atoms with Gasteiger partial charge in [0, 0.05) is 30.7 Å². The SMILES string of the molecule is CCC(C)(CC)NC(=O)c1cnccc1NC. The molecule has 0 spiro atoms. The fourth-order valence-electron chi connectivity index (χ4n) is 1.56. The van der Waals surface area contributed by atoms with Crippen LogP contribution in [-0.2, 0) is 0 Å². The second-order valence-electron chi connectivity index (χ2n) is 4.39. The van der Waals surface area contributed by atoms with Crippen LogP contribution in [0.1, 0.15) is 44.0 Å². The summed E-state index contributed by atoms with van der Waals surface area (Å²) in [4.78, 5) is 16.2. The summed E-state index contributed by atoms with van der Waals surface area (Å²) in [6, 6.07) is 1.80. The first-order valence-corrected chi connectivity index (χ1v) is 6.00. The van der Waals surface area contributed by atoms with Crippen LogP contribution in [0.15, 0.2) is 18.5 Å². The van der Waals surface area contributed by atoms with E-state index in [4.69, 9.17) is 0 Å². The number of anilines is 1. The van der Waals surface area contributed by atoms with E-state index in [2.05, 4.69) is 36.4 Å². The molecule has 0 aromatic carbocycles. The number of nitrogens with one attached hydrogen (secondary N) is 2. The van der Waals surface area contributed by atoms with Crippen LogP contribution in [0.4, 0.5) is 5.69 Å². The quantitative estimate of drug-likeness (QED) is 0.824. The molecule has 0 atom stereocenters. The zero-order valence-electron chi connectivity index (χ0n) is 11.0. The van der Waals surface area contributed by atoms with Crippen molar-refractivity contribution in [3.8, 4) is 0 Å².